The van der Waals surface area contributed by atoms with Gasteiger partial charge >= 0.3 is 5.97 Å². The lowest BCUT2D eigenvalue weighted by molar-refractivity contribution is -0.318. The molecule has 5 aliphatic rings. The van der Waals surface area contributed by atoms with E-state index in [-0.39, 0.29) is 61.3 Å². The second-order valence-electron chi connectivity index (χ2n) is 28.3. The van der Waals surface area contributed by atoms with Crippen molar-refractivity contribution in [2.75, 3.05) is 59.5 Å². The molecule has 0 aromatic heterocycles. The van der Waals surface area contributed by atoms with Crippen molar-refractivity contribution in [2.45, 2.75) is 286 Å². The van der Waals surface area contributed by atoms with Gasteiger partial charge in [-0.3, -0.25) is 9.69 Å². The van der Waals surface area contributed by atoms with Crippen molar-refractivity contribution < 1.29 is 82.7 Å². The highest BCUT2D eigenvalue weighted by atomic mass is 127. The zero-order chi connectivity index (χ0) is 62.2. The monoisotopic (exact) mass is 1340 g/mol. The van der Waals surface area contributed by atoms with Crippen molar-refractivity contribution in [3.63, 3.8) is 0 Å². The fourth-order valence-corrected chi connectivity index (χ4v) is 23.0. The number of ether oxygens (including phenoxy) is 6. The highest BCUT2D eigenvalue weighted by molar-refractivity contribution is 7.84. The number of aliphatic hydroxyl groups excluding tert-OH is 3. The van der Waals surface area contributed by atoms with Crippen molar-refractivity contribution in [2.24, 2.45) is 17.8 Å². The topological polar surface area (TPSA) is 183 Å². The molecule has 3 aliphatic heterocycles. The predicted molar refractivity (Wildman–Crippen MR) is 343 cm³/mol. The Morgan fingerprint density at radius 2 is 1.34 bits per heavy atom. The number of esters is 1. The summed E-state index contributed by atoms with van der Waals surface area (Å²) in [7, 11) is 8.00. The van der Waals surface area contributed by atoms with Gasteiger partial charge in [0.1, 0.15) is 35.3 Å². The van der Waals surface area contributed by atoms with E-state index in [1.165, 1.54) is 94.3 Å². The number of carbonyl (C=O) groups is 1. The first kappa shape index (κ1) is 73.4. The molecule has 18 atom stereocenters. The number of cyclic esters (lactones) is 1. The van der Waals surface area contributed by atoms with Crippen molar-refractivity contribution >= 4 is 24.2 Å². The summed E-state index contributed by atoms with van der Waals surface area (Å²) in [5, 5.41) is 63.1. The van der Waals surface area contributed by atoms with Gasteiger partial charge in [0.05, 0.1) is 66.3 Å². The maximum absolute atomic E-state index is 14.9. The second kappa shape index (κ2) is 32.3. The summed E-state index contributed by atoms with van der Waals surface area (Å²) >= 11 is 0. The van der Waals surface area contributed by atoms with Crippen LogP contribution in [-0.2, 0) is 33.2 Å². The molecule has 17 heteroatoms. The third-order valence-electron chi connectivity index (χ3n) is 21.2. The van der Waals surface area contributed by atoms with Gasteiger partial charge < -0.3 is 87.7 Å². The maximum atomic E-state index is 14.9. The van der Waals surface area contributed by atoms with Crippen molar-refractivity contribution in [3.8, 4) is 11.1 Å². The number of carbonyl (C=O) groups excluding carboxylic acids is 1. The van der Waals surface area contributed by atoms with E-state index in [9.17, 15) is 30.3 Å². The van der Waals surface area contributed by atoms with E-state index in [4.69, 9.17) is 28.4 Å². The molecule has 0 amide bonds. The number of anilines is 1. The molecule has 2 saturated carbocycles. The van der Waals surface area contributed by atoms with E-state index in [1.54, 1.807) is 39.9 Å². The molecule has 86 heavy (non-hydrogen) atoms. The fourth-order valence-electron chi connectivity index (χ4n) is 16.4. The lowest BCUT2D eigenvalue weighted by Gasteiger charge is -2.48. The number of para-hydroxylation sites is 1. The molecule has 492 valence electrons. The Hall–Kier alpha value is -1.61. The number of likely N-dealkylation sites (N-methyl/N-ethyl adjacent to an activating group) is 1. The summed E-state index contributed by atoms with van der Waals surface area (Å²) < 4.78 is 38.8. The average molecular weight is 1340 g/mol. The number of nitrogens with zero attached hydrogens (tertiary/aromatic N) is 3. The van der Waals surface area contributed by atoms with E-state index in [1.807, 2.05) is 46.7 Å². The van der Waals surface area contributed by atoms with Gasteiger partial charge in [-0.25, -0.2) is 0 Å². The molecule has 0 radical (unpaired) electrons. The van der Waals surface area contributed by atoms with Crippen LogP contribution in [0.4, 0.5) is 5.69 Å². The van der Waals surface area contributed by atoms with E-state index in [0.29, 0.717) is 19.5 Å². The minimum Gasteiger partial charge on any atom is -1.00 e. The van der Waals surface area contributed by atoms with Crippen molar-refractivity contribution in [1.82, 2.24) is 9.80 Å². The molecule has 2 aromatic rings. The van der Waals surface area contributed by atoms with E-state index < -0.39 is 103 Å². The predicted octanol–water partition coefficient (Wildman–Crippen LogP) is 7.58. The quantitative estimate of drug-likeness (QED) is 0.0402. The van der Waals surface area contributed by atoms with Crippen molar-refractivity contribution in [3.05, 3.63) is 48.5 Å². The summed E-state index contributed by atoms with van der Waals surface area (Å²) in [6.07, 6.45) is 10.2. The van der Waals surface area contributed by atoms with Crippen LogP contribution in [0.25, 0.3) is 11.1 Å². The Morgan fingerprint density at radius 1 is 0.744 bits per heavy atom. The van der Waals surface area contributed by atoms with Gasteiger partial charge in [0.15, 0.2) is 12.6 Å². The van der Waals surface area contributed by atoms with Gasteiger partial charge in [-0.15, -0.1) is 0 Å². The van der Waals surface area contributed by atoms with Crippen LogP contribution < -0.4 is 34.2 Å². The highest BCUT2D eigenvalue weighted by Gasteiger charge is 2.56. The number of halogens is 1. The van der Waals surface area contributed by atoms with Crippen LogP contribution in [0.5, 0.6) is 0 Å². The third-order valence-corrected chi connectivity index (χ3v) is 27.2. The highest BCUT2D eigenvalue weighted by Crippen LogP contribution is 2.72. The molecular formula is C69H117IN3O12P. The van der Waals surface area contributed by atoms with Crippen LogP contribution in [0.3, 0.4) is 0 Å². The van der Waals surface area contributed by atoms with Crippen LogP contribution in [0, 0.1) is 17.8 Å². The number of hydrogen-bond donors (Lipinski definition) is 5. The van der Waals surface area contributed by atoms with Gasteiger partial charge in [0.25, 0.3) is 0 Å². The van der Waals surface area contributed by atoms with Crippen molar-refractivity contribution in [1.29, 1.82) is 0 Å². The van der Waals surface area contributed by atoms with Gasteiger partial charge in [-0.05, 0) is 177 Å². The molecule has 3 heterocycles. The van der Waals surface area contributed by atoms with E-state index in [0.717, 1.165) is 37.0 Å². The second-order valence-corrected chi connectivity index (χ2v) is 32.6. The maximum Gasteiger partial charge on any atom is 0.311 e. The summed E-state index contributed by atoms with van der Waals surface area (Å²) in [5.74, 6) is -2.66. The molecule has 3 saturated heterocycles. The number of methoxy groups -OCH3 is 1. The average Bonchev–Trinajstić information content (AvgIpc) is 0.982. The molecule has 15 nitrogen and oxygen atoms in total. The minimum absolute atomic E-state index is 0. The van der Waals surface area contributed by atoms with Crippen LogP contribution in [0.2, 0.25) is 0 Å². The summed E-state index contributed by atoms with van der Waals surface area (Å²) in [6, 6.07) is 17.7. The molecule has 5 fully saturated rings. The standard InChI is InChI=1S/C69H117N3O12P.HI/c1-16-58-69(10,78)62(74)49(6)72(39-29-17-18-30-40-85(51-31-21-19-22-32-51,52-33-23-20-24-34-52)57-38-28-26-36-54(57)53-35-25-27-37-55(53)70(11)12)44-45(2)42-67(8,77)64(84-66-60(73)56(71(13)14)41-46(3)80-66)47(4)61(48(5)65(76)82-58)83-59-43-68(9,79-15)63(75)50(7)81-59;/h25-28,35-38,45-52,56,58-64,66,73-75,77-78H,16-24,29-34,39-44H2,1-15H3;1H/q+1;/p-1/t45-,46-,47+,48-,49-,50+,56+,58-,59+,60-,61+,62-,63+,64-,66+,67-,68-,69-;/m1./s1. The van der Waals surface area contributed by atoms with Gasteiger partial charge in [0.2, 0.25) is 0 Å². The molecule has 0 unspecified atom stereocenters. The summed E-state index contributed by atoms with van der Waals surface area (Å²) in [5.41, 5.74) is 1.02. The normalized spacial score (nSPS) is 37.3. The van der Waals surface area contributed by atoms with Gasteiger partial charge in [-0.1, -0.05) is 76.4 Å². The van der Waals surface area contributed by atoms with E-state index in [2.05, 4.69) is 79.3 Å². The van der Waals surface area contributed by atoms with Crippen LogP contribution in [0.15, 0.2) is 48.5 Å². The number of aliphatic hydroxyl groups is 5. The lowest BCUT2D eigenvalue weighted by Crippen LogP contribution is -3.00. The Bertz CT molecular complexity index is 2350. The zero-order valence-electron chi connectivity index (χ0n) is 55.5. The first-order valence-electron chi connectivity index (χ1n) is 33.2. The molecule has 2 aliphatic carbocycles. The fraction of sp³-hybridized carbons (Fsp3) is 0.812. The van der Waals surface area contributed by atoms with Crippen LogP contribution in [0.1, 0.15) is 185 Å². The SMILES string of the molecule is CC[C@H]1OC(=O)[C@H](C)[C@@H](O[C@H]2C[C@@](C)(OC)[C@@H](O)[C@H](C)O2)[C@H](C)[C@@H](O[C@@H]2O[C@H](C)C[C@H](N(C)C)[C@H]2O)[C@](C)(O)C[C@@H](C)CN(CCCCCC[P+](c2ccccc2-c2ccccc2N(C)C)(C2CCCCC2)C2CCCCC2)[C@H](C)[C@@H](O)[C@]1(C)O.[I-]. The van der Waals surface area contributed by atoms with Gasteiger partial charge in [0, 0.05) is 69.0 Å². The van der Waals surface area contributed by atoms with Crippen LogP contribution in [-0.4, -0.2) is 197 Å². The first-order valence-corrected chi connectivity index (χ1v) is 35.3. The summed E-state index contributed by atoms with van der Waals surface area (Å²) in [4.78, 5) is 21.4. The Kier molecular flexibility index (Phi) is 27.6. The van der Waals surface area contributed by atoms with Crippen LogP contribution >= 0.6 is 7.26 Å². The molecule has 2 aromatic carbocycles. The lowest BCUT2D eigenvalue weighted by atomic mass is 9.77. The Labute approximate surface area is 537 Å². The smallest absolute Gasteiger partial charge is 0.311 e. The van der Waals surface area contributed by atoms with E-state index >= 15 is 0 Å². The number of rotatable bonds is 19. The zero-order valence-corrected chi connectivity index (χ0v) is 58.6. The molecule has 5 N–H and O–H groups in total. The largest absolute Gasteiger partial charge is 1.00 e. The Balaban J connectivity index is 0.0000118. The minimum atomic E-state index is -1.86. The van der Waals surface area contributed by atoms with Gasteiger partial charge in [-0.2, -0.15) is 0 Å². The number of unbranched alkanes of at least 4 members (excludes halogenated alkanes) is 3. The molecule has 7 rings (SSSR count). The number of hydrogen-bond acceptors (Lipinski definition) is 15. The summed E-state index contributed by atoms with van der Waals surface area (Å²) in [6.45, 7) is 19.4. The molecule has 0 spiro atoms. The third kappa shape index (κ3) is 17.0. The number of benzene rings is 2. The molecule has 0 bridgehead atoms. The molecular weight excluding hydrogens is 1220 g/mol. The first-order chi connectivity index (χ1) is 40.2. The Morgan fingerprint density at radius 3 is 1.93 bits per heavy atom.